The van der Waals surface area contributed by atoms with Gasteiger partial charge in [0.25, 0.3) is 0 Å². The SMILES string of the molecule is COc1cccc(/C=N\NC(=O)Cc2cc(Cl)ccc2SC)c1OCc1ccccc1. The Labute approximate surface area is 191 Å². The van der Waals surface area contributed by atoms with Gasteiger partial charge in [-0.15, -0.1) is 11.8 Å². The highest BCUT2D eigenvalue weighted by Gasteiger charge is 2.11. The largest absolute Gasteiger partial charge is 0.493 e. The zero-order valence-electron chi connectivity index (χ0n) is 17.3. The van der Waals surface area contributed by atoms with Gasteiger partial charge in [-0.3, -0.25) is 4.79 Å². The molecule has 1 N–H and O–H groups in total. The number of nitrogens with zero attached hydrogens (tertiary/aromatic N) is 1. The van der Waals surface area contributed by atoms with Crippen molar-refractivity contribution in [3.05, 3.63) is 88.4 Å². The molecule has 0 spiro atoms. The molecule has 0 atom stereocenters. The van der Waals surface area contributed by atoms with Crippen molar-refractivity contribution in [1.82, 2.24) is 5.43 Å². The first-order valence-electron chi connectivity index (χ1n) is 9.58. The number of para-hydroxylation sites is 1. The van der Waals surface area contributed by atoms with Gasteiger partial charge in [0.1, 0.15) is 6.61 Å². The molecule has 0 saturated carbocycles. The number of methoxy groups -OCH3 is 1. The molecule has 0 aliphatic carbocycles. The fourth-order valence-corrected chi connectivity index (χ4v) is 3.74. The summed E-state index contributed by atoms with van der Waals surface area (Å²) < 4.78 is 11.4. The lowest BCUT2D eigenvalue weighted by molar-refractivity contribution is -0.120. The Morgan fingerprint density at radius 1 is 1.13 bits per heavy atom. The second kappa shape index (κ2) is 11.4. The molecule has 0 heterocycles. The van der Waals surface area contributed by atoms with Crippen molar-refractivity contribution in [2.24, 2.45) is 5.10 Å². The zero-order chi connectivity index (χ0) is 22.1. The van der Waals surface area contributed by atoms with Crippen LogP contribution in [0.5, 0.6) is 11.5 Å². The molecule has 0 bridgehead atoms. The number of nitrogens with one attached hydrogen (secondary N) is 1. The predicted octanol–water partition coefficient (Wildman–Crippen LogP) is 5.34. The number of thioether (sulfide) groups is 1. The molecule has 160 valence electrons. The summed E-state index contributed by atoms with van der Waals surface area (Å²) in [5.74, 6) is 0.921. The van der Waals surface area contributed by atoms with Gasteiger partial charge in [0.05, 0.1) is 19.7 Å². The highest BCUT2D eigenvalue weighted by Crippen LogP contribution is 2.31. The molecule has 5 nitrogen and oxygen atoms in total. The summed E-state index contributed by atoms with van der Waals surface area (Å²) in [6.45, 7) is 0.390. The van der Waals surface area contributed by atoms with Crippen molar-refractivity contribution in [2.75, 3.05) is 13.4 Å². The summed E-state index contributed by atoms with van der Waals surface area (Å²) in [5, 5.41) is 4.70. The van der Waals surface area contributed by atoms with E-state index in [9.17, 15) is 4.79 Å². The Bertz CT molecular complexity index is 1060. The number of halogens is 1. The van der Waals surface area contributed by atoms with Gasteiger partial charge in [0.2, 0.25) is 5.91 Å². The third kappa shape index (κ3) is 6.51. The molecule has 3 aromatic carbocycles. The van der Waals surface area contributed by atoms with Crippen molar-refractivity contribution in [1.29, 1.82) is 0 Å². The van der Waals surface area contributed by atoms with E-state index in [1.54, 1.807) is 31.2 Å². The highest BCUT2D eigenvalue weighted by atomic mass is 35.5. The highest BCUT2D eigenvalue weighted by molar-refractivity contribution is 7.98. The van der Waals surface area contributed by atoms with Gasteiger partial charge in [-0.2, -0.15) is 5.10 Å². The quantitative estimate of drug-likeness (QED) is 0.269. The second-order valence-electron chi connectivity index (χ2n) is 6.58. The minimum Gasteiger partial charge on any atom is -0.493 e. The third-order valence-electron chi connectivity index (χ3n) is 4.44. The number of hydrogen-bond acceptors (Lipinski definition) is 5. The van der Waals surface area contributed by atoms with Crippen molar-refractivity contribution < 1.29 is 14.3 Å². The van der Waals surface area contributed by atoms with Gasteiger partial charge in [-0.1, -0.05) is 48.0 Å². The first-order chi connectivity index (χ1) is 15.1. The average Bonchev–Trinajstić information content (AvgIpc) is 2.78. The lowest BCUT2D eigenvalue weighted by atomic mass is 10.1. The van der Waals surface area contributed by atoms with E-state index in [0.29, 0.717) is 28.7 Å². The molecule has 0 aliphatic heterocycles. The van der Waals surface area contributed by atoms with E-state index < -0.39 is 0 Å². The number of ether oxygens (including phenoxy) is 2. The monoisotopic (exact) mass is 454 g/mol. The van der Waals surface area contributed by atoms with Crippen LogP contribution < -0.4 is 14.9 Å². The Hall–Kier alpha value is -2.96. The number of hydrogen-bond donors (Lipinski definition) is 1. The molecule has 31 heavy (non-hydrogen) atoms. The number of hydrazone groups is 1. The molecule has 0 fully saturated rings. The van der Waals surface area contributed by atoms with Crippen LogP contribution in [0.3, 0.4) is 0 Å². The first-order valence-corrected chi connectivity index (χ1v) is 11.2. The Balaban J connectivity index is 1.69. The van der Waals surface area contributed by atoms with Crippen molar-refractivity contribution in [3.8, 4) is 11.5 Å². The van der Waals surface area contributed by atoms with Crippen LogP contribution in [-0.2, 0) is 17.8 Å². The molecule has 3 rings (SSSR count). The van der Waals surface area contributed by atoms with Crippen LogP contribution in [0.25, 0.3) is 0 Å². The maximum absolute atomic E-state index is 12.4. The Morgan fingerprint density at radius 2 is 1.94 bits per heavy atom. The lowest BCUT2D eigenvalue weighted by Crippen LogP contribution is -2.20. The third-order valence-corrected chi connectivity index (χ3v) is 5.51. The zero-order valence-corrected chi connectivity index (χ0v) is 18.9. The van der Waals surface area contributed by atoms with Gasteiger partial charge in [0.15, 0.2) is 11.5 Å². The Morgan fingerprint density at radius 3 is 2.68 bits per heavy atom. The Kier molecular flexibility index (Phi) is 8.38. The van der Waals surface area contributed by atoms with E-state index in [1.807, 2.05) is 66.9 Å². The van der Waals surface area contributed by atoms with Gasteiger partial charge >= 0.3 is 0 Å². The van der Waals surface area contributed by atoms with Crippen LogP contribution in [0.2, 0.25) is 5.02 Å². The van der Waals surface area contributed by atoms with Crippen LogP contribution >= 0.6 is 23.4 Å². The molecular formula is C24H23ClN2O3S. The molecule has 7 heteroatoms. The minimum atomic E-state index is -0.233. The van der Waals surface area contributed by atoms with Crippen molar-refractivity contribution in [3.63, 3.8) is 0 Å². The topological polar surface area (TPSA) is 59.9 Å². The van der Waals surface area contributed by atoms with E-state index in [1.165, 1.54) is 0 Å². The minimum absolute atomic E-state index is 0.184. The summed E-state index contributed by atoms with van der Waals surface area (Å²) in [5.41, 5.74) is 5.17. The summed E-state index contributed by atoms with van der Waals surface area (Å²) in [6.07, 6.45) is 3.69. The van der Waals surface area contributed by atoms with Crippen LogP contribution in [0.15, 0.2) is 76.7 Å². The maximum Gasteiger partial charge on any atom is 0.244 e. The standard InChI is InChI=1S/C24H23ClN2O3S/c1-29-21-10-6-9-18(24(21)30-16-17-7-4-3-5-8-17)15-26-27-23(28)14-19-13-20(25)11-12-22(19)31-2/h3-13,15H,14,16H2,1-2H3,(H,27,28)/b26-15-. The molecule has 0 saturated heterocycles. The van der Waals surface area contributed by atoms with E-state index >= 15 is 0 Å². The van der Waals surface area contributed by atoms with E-state index in [-0.39, 0.29) is 12.3 Å². The van der Waals surface area contributed by atoms with Gasteiger partial charge in [-0.25, -0.2) is 5.43 Å². The summed E-state index contributed by atoms with van der Waals surface area (Å²) in [7, 11) is 1.59. The summed E-state index contributed by atoms with van der Waals surface area (Å²) >= 11 is 7.63. The van der Waals surface area contributed by atoms with Gasteiger partial charge in [0, 0.05) is 15.5 Å². The fraction of sp³-hybridized carbons (Fsp3) is 0.167. The average molecular weight is 455 g/mol. The summed E-state index contributed by atoms with van der Waals surface area (Å²) in [6, 6.07) is 20.9. The maximum atomic E-state index is 12.4. The molecule has 1 amide bonds. The summed E-state index contributed by atoms with van der Waals surface area (Å²) in [4.78, 5) is 13.4. The lowest BCUT2D eigenvalue weighted by Gasteiger charge is -2.13. The smallest absolute Gasteiger partial charge is 0.244 e. The fourth-order valence-electron chi connectivity index (χ4n) is 2.95. The van der Waals surface area contributed by atoms with E-state index in [0.717, 1.165) is 16.0 Å². The second-order valence-corrected chi connectivity index (χ2v) is 7.86. The van der Waals surface area contributed by atoms with Crippen LogP contribution in [0.4, 0.5) is 0 Å². The molecular weight excluding hydrogens is 432 g/mol. The van der Waals surface area contributed by atoms with E-state index in [2.05, 4.69) is 10.5 Å². The first kappa shape index (κ1) is 22.7. The molecule has 0 unspecified atom stereocenters. The van der Waals surface area contributed by atoms with E-state index in [4.69, 9.17) is 21.1 Å². The number of carbonyl (C=O) groups excluding carboxylic acids is 1. The number of amides is 1. The van der Waals surface area contributed by atoms with Crippen molar-refractivity contribution >= 4 is 35.5 Å². The molecule has 3 aromatic rings. The van der Waals surface area contributed by atoms with Crippen LogP contribution in [0.1, 0.15) is 16.7 Å². The van der Waals surface area contributed by atoms with Gasteiger partial charge < -0.3 is 9.47 Å². The number of benzene rings is 3. The normalized spacial score (nSPS) is 10.8. The van der Waals surface area contributed by atoms with Crippen LogP contribution in [-0.4, -0.2) is 25.5 Å². The predicted molar refractivity (Wildman–Crippen MR) is 126 cm³/mol. The molecule has 0 aliphatic rings. The number of rotatable bonds is 9. The van der Waals surface area contributed by atoms with Crippen LogP contribution in [0, 0.1) is 0 Å². The number of carbonyl (C=O) groups is 1. The van der Waals surface area contributed by atoms with Crippen molar-refractivity contribution in [2.45, 2.75) is 17.9 Å². The van der Waals surface area contributed by atoms with Gasteiger partial charge in [-0.05, 0) is 47.7 Å². The molecule has 0 aromatic heterocycles. The molecule has 0 radical (unpaired) electrons.